The number of rotatable bonds is 6. The van der Waals surface area contributed by atoms with Crippen LogP contribution in [0.25, 0.3) is 0 Å². The number of amides is 1. The molecule has 1 amide bonds. The highest BCUT2D eigenvalue weighted by atomic mass is 32.1. The molecule has 160 valence electrons. The molecule has 2 aromatic heterocycles. The zero-order chi connectivity index (χ0) is 21.2. The highest BCUT2D eigenvalue weighted by molar-refractivity contribution is 7.12. The van der Waals surface area contributed by atoms with Crippen molar-refractivity contribution in [2.75, 3.05) is 25.0 Å². The summed E-state index contributed by atoms with van der Waals surface area (Å²) >= 11 is 1.38. The third-order valence-corrected chi connectivity index (χ3v) is 7.32. The van der Waals surface area contributed by atoms with Gasteiger partial charge in [-0.2, -0.15) is 0 Å². The number of benzene rings is 1. The maximum absolute atomic E-state index is 13.1. The lowest BCUT2D eigenvalue weighted by Gasteiger charge is -2.43. The minimum absolute atomic E-state index is 0.0744. The molecule has 2 atom stereocenters. The number of carbonyl (C=O) groups is 1. The van der Waals surface area contributed by atoms with E-state index in [1.165, 1.54) is 16.9 Å². The van der Waals surface area contributed by atoms with Crippen LogP contribution in [0, 0.1) is 5.92 Å². The number of nitrogens with zero attached hydrogens (tertiary/aromatic N) is 2. The Labute approximate surface area is 186 Å². The van der Waals surface area contributed by atoms with Crippen LogP contribution >= 0.6 is 11.3 Å². The van der Waals surface area contributed by atoms with Crippen molar-refractivity contribution >= 4 is 22.9 Å². The number of pyridine rings is 1. The minimum Gasteiger partial charge on any atom is -0.317 e. The van der Waals surface area contributed by atoms with E-state index in [9.17, 15) is 9.59 Å². The molecule has 2 bridgehead atoms. The van der Waals surface area contributed by atoms with Gasteiger partial charge in [0.25, 0.3) is 11.5 Å². The molecule has 2 aliphatic heterocycles. The maximum atomic E-state index is 13.1. The molecule has 0 unspecified atom stereocenters. The average molecular weight is 434 g/mol. The zero-order valence-electron chi connectivity index (χ0n) is 17.5. The molecule has 3 aromatic rings. The molecule has 5 rings (SSSR count). The van der Waals surface area contributed by atoms with Crippen LogP contribution in [0.1, 0.15) is 39.7 Å². The third kappa shape index (κ3) is 4.36. The van der Waals surface area contributed by atoms with Crippen LogP contribution in [-0.4, -0.2) is 35.0 Å². The largest absolute Gasteiger partial charge is 0.317 e. The molecule has 2 aliphatic rings. The van der Waals surface area contributed by atoms with Gasteiger partial charge in [-0.05, 0) is 60.9 Å². The number of nitrogens with one attached hydrogen (secondary N) is 1. The van der Waals surface area contributed by atoms with E-state index in [4.69, 9.17) is 0 Å². The Hall–Kier alpha value is -2.70. The highest BCUT2D eigenvalue weighted by Gasteiger charge is 2.34. The zero-order valence-corrected chi connectivity index (χ0v) is 18.3. The van der Waals surface area contributed by atoms with Gasteiger partial charge in [0, 0.05) is 31.2 Å². The number of hydrogen-bond acceptors (Lipinski definition) is 4. The second-order valence-corrected chi connectivity index (χ2v) is 9.61. The summed E-state index contributed by atoms with van der Waals surface area (Å²) < 4.78 is 1.91. The van der Waals surface area contributed by atoms with E-state index in [1.807, 2.05) is 22.1 Å². The lowest BCUT2D eigenvalue weighted by Crippen LogP contribution is -2.47. The molecule has 0 aliphatic carbocycles. The number of anilines is 1. The van der Waals surface area contributed by atoms with Crippen molar-refractivity contribution in [1.82, 2.24) is 9.47 Å². The standard InChI is InChI=1S/C25H27N3O2S/c29-24(23-9-5-13-31-23)26-21-10-11-22-20-14-19(16-28(22)25(21)30)15-27(17-20)12-4-8-18-6-2-1-3-7-18/h1-3,5-7,9-11,13,19-20H,4,8,12,14-17H2,(H,26,29)/t19-,20+/m0/s1. The number of thiophene rings is 1. The first-order chi connectivity index (χ1) is 15.2. The summed E-state index contributed by atoms with van der Waals surface area (Å²) in [7, 11) is 0. The monoisotopic (exact) mass is 433 g/mol. The first kappa shape index (κ1) is 20.2. The summed E-state index contributed by atoms with van der Waals surface area (Å²) in [6.45, 7) is 3.89. The van der Waals surface area contributed by atoms with Crippen LogP contribution in [-0.2, 0) is 13.0 Å². The van der Waals surface area contributed by atoms with E-state index >= 15 is 0 Å². The summed E-state index contributed by atoms with van der Waals surface area (Å²) in [5.41, 5.74) is 2.81. The normalized spacial score (nSPS) is 20.3. The molecule has 4 heterocycles. The van der Waals surface area contributed by atoms with Crippen molar-refractivity contribution in [2.24, 2.45) is 5.92 Å². The number of hydrogen-bond donors (Lipinski definition) is 1. The number of fused-ring (bicyclic) bond motifs is 4. The van der Waals surface area contributed by atoms with Crippen LogP contribution in [0.4, 0.5) is 5.69 Å². The number of carbonyl (C=O) groups excluding carboxylic acids is 1. The molecule has 0 spiro atoms. The van der Waals surface area contributed by atoms with Crippen LogP contribution in [0.3, 0.4) is 0 Å². The molecular weight excluding hydrogens is 406 g/mol. The van der Waals surface area contributed by atoms with Gasteiger partial charge in [-0.15, -0.1) is 11.3 Å². The van der Waals surface area contributed by atoms with E-state index in [2.05, 4.69) is 40.5 Å². The highest BCUT2D eigenvalue weighted by Crippen LogP contribution is 2.35. The number of aryl methyl sites for hydroxylation is 1. The predicted octanol–water partition coefficient (Wildman–Crippen LogP) is 4.21. The molecule has 0 saturated carbocycles. The Bertz CT molecular complexity index is 1110. The van der Waals surface area contributed by atoms with E-state index in [0.717, 1.165) is 51.1 Å². The molecular formula is C25H27N3O2S. The molecule has 1 saturated heterocycles. The molecule has 1 aromatic carbocycles. The Morgan fingerprint density at radius 1 is 1.03 bits per heavy atom. The summed E-state index contributed by atoms with van der Waals surface area (Å²) in [6.07, 6.45) is 3.41. The van der Waals surface area contributed by atoms with Gasteiger partial charge in [0.2, 0.25) is 0 Å². The van der Waals surface area contributed by atoms with Crippen molar-refractivity contribution in [1.29, 1.82) is 0 Å². The number of aromatic nitrogens is 1. The van der Waals surface area contributed by atoms with Crippen molar-refractivity contribution in [3.05, 3.63) is 86.5 Å². The Balaban J connectivity index is 1.26. The Morgan fingerprint density at radius 3 is 2.71 bits per heavy atom. The fourth-order valence-electron chi connectivity index (χ4n) is 5.07. The Kier molecular flexibility index (Phi) is 5.74. The van der Waals surface area contributed by atoms with Gasteiger partial charge < -0.3 is 14.8 Å². The van der Waals surface area contributed by atoms with Gasteiger partial charge in [-0.3, -0.25) is 9.59 Å². The predicted molar refractivity (Wildman–Crippen MR) is 125 cm³/mol. The van der Waals surface area contributed by atoms with Gasteiger partial charge in [0.15, 0.2) is 0 Å². The smallest absolute Gasteiger partial charge is 0.274 e. The molecule has 6 heteroatoms. The van der Waals surface area contributed by atoms with E-state index in [1.54, 1.807) is 12.1 Å². The number of likely N-dealkylation sites (tertiary alicyclic amines) is 1. The first-order valence-electron chi connectivity index (χ1n) is 11.0. The van der Waals surface area contributed by atoms with Crippen molar-refractivity contribution < 1.29 is 4.79 Å². The topological polar surface area (TPSA) is 54.3 Å². The minimum atomic E-state index is -0.215. The average Bonchev–Trinajstić information content (AvgIpc) is 3.32. The van der Waals surface area contributed by atoms with Gasteiger partial charge >= 0.3 is 0 Å². The quantitative estimate of drug-likeness (QED) is 0.633. The third-order valence-electron chi connectivity index (χ3n) is 6.46. The molecule has 0 radical (unpaired) electrons. The van der Waals surface area contributed by atoms with E-state index in [0.29, 0.717) is 22.4 Å². The molecule has 5 nitrogen and oxygen atoms in total. The van der Waals surface area contributed by atoms with Gasteiger partial charge in [-0.1, -0.05) is 36.4 Å². The van der Waals surface area contributed by atoms with Crippen molar-refractivity contribution in [3.63, 3.8) is 0 Å². The van der Waals surface area contributed by atoms with Crippen molar-refractivity contribution in [2.45, 2.75) is 31.7 Å². The van der Waals surface area contributed by atoms with E-state index < -0.39 is 0 Å². The molecule has 31 heavy (non-hydrogen) atoms. The lowest BCUT2D eigenvalue weighted by atomic mass is 9.83. The molecule has 1 N–H and O–H groups in total. The van der Waals surface area contributed by atoms with E-state index in [-0.39, 0.29) is 11.5 Å². The molecule has 1 fully saturated rings. The summed E-state index contributed by atoms with van der Waals surface area (Å²) in [4.78, 5) is 28.7. The van der Waals surface area contributed by atoms with Gasteiger partial charge in [0.05, 0.1) is 4.88 Å². The second kappa shape index (κ2) is 8.81. The second-order valence-electron chi connectivity index (χ2n) is 8.67. The van der Waals surface area contributed by atoms with Crippen LogP contribution < -0.4 is 10.9 Å². The van der Waals surface area contributed by atoms with Crippen LogP contribution in [0.2, 0.25) is 0 Å². The maximum Gasteiger partial charge on any atom is 0.274 e. The van der Waals surface area contributed by atoms with Gasteiger partial charge in [0.1, 0.15) is 5.69 Å². The fraction of sp³-hybridized carbons (Fsp3) is 0.360. The van der Waals surface area contributed by atoms with Crippen molar-refractivity contribution in [3.8, 4) is 0 Å². The fourth-order valence-corrected chi connectivity index (χ4v) is 5.68. The Morgan fingerprint density at radius 2 is 1.90 bits per heavy atom. The van der Waals surface area contributed by atoms with Crippen LogP contribution in [0.15, 0.2) is 64.8 Å². The summed E-state index contributed by atoms with van der Waals surface area (Å²) in [5.74, 6) is 0.663. The van der Waals surface area contributed by atoms with Gasteiger partial charge in [-0.25, -0.2) is 0 Å². The number of piperidine rings is 1. The summed E-state index contributed by atoms with van der Waals surface area (Å²) in [6, 6.07) is 18.1. The lowest BCUT2D eigenvalue weighted by molar-refractivity contribution is 0.103. The SMILES string of the molecule is O=C(Nc1ccc2n(c1=O)C[C@H]1C[C@@H]2CN(CCCc2ccccc2)C1)c1cccs1. The summed E-state index contributed by atoms with van der Waals surface area (Å²) in [5, 5.41) is 4.67. The van der Waals surface area contributed by atoms with Crippen LogP contribution in [0.5, 0.6) is 0 Å². The first-order valence-corrected chi connectivity index (χ1v) is 11.9.